The summed E-state index contributed by atoms with van der Waals surface area (Å²) >= 11 is 0. The molecule has 0 unspecified atom stereocenters. The summed E-state index contributed by atoms with van der Waals surface area (Å²) < 4.78 is 15.5. The highest BCUT2D eigenvalue weighted by Crippen LogP contribution is 2.16. The van der Waals surface area contributed by atoms with Crippen molar-refractivity contribution in [2.45, 2.75) is 19.8 Å². The van der Waals surface area contributed by atoms with E-state index in [0.29, 0.717) is 19.6 Å². The molecule has 0 spiro atoms. The second-order valence-electron chi connectivity index (χ2n) is 4.18. The maximum Gasteiger partial charge on any atom is 0.305 e. The van der Waals surface area contributed by atoms with Crippen LogP contribution in [0.1, 0.15) is 19.8 Å². The first kappa shape index (κ1) is 16.3. The lowest BCUT2D eigenvalue weighted by Crippen LogP contribution is -2.22. The van der Waals surface area contributed by atoms with Gasteiger partial charge in [0.25, 0.3) is 0 Å². The number of ether oxygens (including phenoxy) is 3. The third kappa shape index (κ3) is 6.99. The van der Waals surface area contributed by atoms with Gasteiger partial charge in [0, 0.05) is 13.0 Å². The van der Waals surface area contributed by atoms with Crippen LogP contribution in [-0.4, -0.2) is 39.4 Å². The molecule has 112 valence electrons. The Bertz CT molecular complexity index is 378. The molecule has 5 heteroatoms. The van der Waals surface area contributed by atoms with Gasteiger partial charge in [0.2, 0.25) is 0 Å². The van der Waals surface area contributed by atoms with Crippen LogP contribution in [0, 0.1) is 0 Å². The average molecular weight is 281 g/mol. The van der Waals surface area contributed by atoms with Gasteiger partial charge in [-0.1, -0.05) is 0 Å². The molecule has 20 heavy (non-hydrogen) atoms. The molecular weight excluding hydrogens is 258 g/mol. The van der Waals surface area contributed by atoms with Gasteiger partial charge in [-0.2, -0.15) is 0 Å². The zero-order valence-corrected chi connectivity index (χ0v) is 12.2. The number of nitrogens with one attached hydrogen (secondary N) is 1. The van der Waals surface area contributed by atoms with E-state index in [1.165, 1.54) is 0 Å². The van der Waals surface area contributed by atoms with E-state index in [4.69, 9.17) is 14.2 Å². The number of methoxy groups -OCH3 is 1. The maximum absolute atomic E-state index is 11.1. The van der Waals surface area contributed by atoms with E-state index in [2.05, 4.69) is 5.32 Å². The van der Waals surface area contributed by atoms with Crippen molar-refractivity contribution in [2.24, 2.45) is 0 Å². The fourth-order valence-corrected chi connectivity index (χ4v) is 1.63. The summed E-state index contributed by atoms with van der Waals surface area (Å²) in [6, 6.07) is 7.48. The predicted molar refractivity (Wildman–Crippen MR) is 77.2 cm³/mol. The molecule has 0 aromatic heterocycles. The Morgan fingerprint density at radius 2 is 1.85 bits per heavy atom. The van der Waals surface area contributed by atoms with Crippen molar-refractivity contribution >= 4 is 5.97 Å². The van der Waals surface area contributed by atoms with Crippen molar-refractivity contribution < 1.29 is 19.0 Å². The summed E-state index contributed by atoms with van der Waals surface area (Å²) in [4.78, 5) is 11.1. The molecule has 5 nitrogen and oxygen atoms in total. The van der Waals surface area contributed by atoms with Crippen LogP contribution in [0.2, 0.25) is 0 Å². The molecule has 0 aliphatic heterocycles. The van der Waals surface area contributed by atoms with Crippen LogP contribution in [0.5, 0.6) is 11.5 Å². The Labute approximate surface area is 120 Å². The van der Waals surface area contributed by atoms with Gasteiger partial charge in [-0.05, 0) is 44.2 Å². The fraction of sp³-hybridized carbons (Fsp3) is 0.533. The Morgan fingerprint density at radius 1 is 1.15 bits per heavy atom. The zero-order chi connectivity index (χ0) is 14.6. The van der Waals surface area contributed by atoms with E-state index in [1.54, 1.807) is 7.11 Å². The molecule has 0 heterocycles. The van der Waals surface area contributed by atoms with Crippen molar-refractivity contribution in [2.75, 3.05) is 33.4 Å². The monoisotopic (exact) mass is 281 g/mol. The van der Waals surface area contributed by atoms with Crippen LogP contribution in [0.25, 0.3) is 0 Å². The Balaban J connectivity index is 2.00. The van der Waals surface area contributed by atoms with Gasteiger partial charge in [-0.25, -0.2) is 0 Å². The standard InChI is InChI=1S/C15H23NO4/c1-3-19-15(17)5-4-10-16-11-12-20-14-8-6-13(18-2)7-9-14/h6-9,16H,3-5,10-12H2,1-2H3. The van der Waals surface area contributed by atoms with Crippen LogP contribution in [-0.2, 0) is 9.53 Å². The zero-order valence-electron chi connectivity index (χ0n) is 12.2. The highest BCUT2D eigenvalue weighted by atomic mass is 16.5. The van der Waals surface area contributed by atoms with Gasteiger partial charge < -0.3 is 19.5 Å². The normalized spacial score (nSPS) is 10.1. The number of hydrogen-bond acceptors (Lipinski definition) is 5. The first-order valence-corrected chi connectivity index (χ1v) is 6.89. The minimum atomic E-state index is -0.135. The van der Waals surface area contributed by atoms with Crippen LogP contribution in [0.15, 0.2) is 24.3 Å². The van der Waals surface area contributed by atoms with Crippen molar-refractivity contribution in [3.05, 3.63) is 24.3 Å². The number of hydrogen-bond donors (Lipinski definition) is 1. The van der Waals surface area contributed by atoms with Gasteiger partial charge in [0.15, 0.2) is 0 Å². The molecule has 0 radical (unpaired) electrons. The second-order valence-corrected chi connectivity index (χ2v) is 4.18. The minimum Gasteiger partial charge on any atom is -0.497 e. The number of esters is 1. The quantitative estimate of drug-likeness (QED) is 0.525. The van der Waals surface area contributed by atoms with Crippen molar-refractivity contribution in [3.8, 4) is 11.5 Å². The largest absolute Gasteiger partial charge is 0.497 e. The third-order valence-corrected chi connectivity index (χ3v) is 2.65. The fourth-order valence-electron chi connectivity index (χ4n) is 1.63. The molecule has 0 aliphatic rings. The molecule has 0 saturated heterocycles. The van der Waals surface area contributed by atoms with Crippen molar-refractivity contribution in [1.82, 2.24) is 5.32 Å². The van der Waals surface area contributed by atoms with Crippen LogP contribution in [0.4, 0.5) is 0 Å². The summed E-state index contributed by atoms with van der Waals surface area (Å²) in [6.07, 6.45) is 1.24. The van der Waals surface area contributed by atoms with Gasteiger partial charge in [-0.15, -0.1) is 0 Å². The van der Waals surface area contributed by atoms with Crippen molar-refractivity contribution in [3.63, 3.8) is 0 Å². The van der Waals surface area contributed by atoms with Crippen molar-refractivity contribution in [1.29, 1.82) is 0 Å². The summed E-state index contributed by atoms with van der Waals surface area (Å²) in [5.41, 5.74) is 0. The van der Waals surface area contributed by atoms with E-state index in [9.17, 15) is 4.79 Å². The molecule has 0 fully saturated rings. The lowest BCUT2D eigenvalue weighted by atomic mass is 10.3. The first-order chi connectivity index (χ1) is 9.76. The smallest absolute Gasteiger partial charge is 0.305 e. The van der Waals surface area contributed by atoms with Crippen LogP contribution < -0.4 is 14.8 Å². The summed E-state index contributed by atoms with van der Waals surface area (Å²) in [5, 5.41) is 3.22. The second kappa shape index (κ2) is 10.1. The Morgan fingerprint density at radius 3 is 2.50 bits per heavy atom. The molecule has 0 amide bonds. The number of rotatable bonds is 10. The van der Waals surface area contributed by atoms with Gasteiger partial charge in [0.05, 0.1) is 13.7 Å². The number of carbonyl (C=O) groups excluding carboxylic acids is 1. The molecule has 1 N–H and O–H groups in total. The van der Waals surface area contributed by atoms with E-state index < -0.39 is 0 Å². The molecule has 0 atom stereocenters. The van der Waals surface area contributed by atoms with Crippen LogP contribution >= 0.6 is 0 Å². The SMILES string of the molecule is CCOC(=O)CCCNCCOc1ccc(OC)cc1. The Kier molecular flexibility index (Phi) is 8.22. The van der Waals surface area contributed by atoms with Gasteiger partial charge in [-0.3, -0.25) is 4.79 Å². The predicted octanol–water partition coefficient (Wildman–Crippen LogP) is 2.01. The summed E-state index contributed by atoms with van der Waals surface area (Å²) in [5.74, 6) is 1.50. The van der Waals surface area contributed by atoms with E-state index in [0.717, 1.165) is 31.0 Å². The average Bonchev–Trinajstić information content (AvgIpc) is 2.47. The summed E-state index contributed by atoms with van der Waals surface area (Å²) in [7, 11) is 1.63. The third-order valence-electron chi connectivity index (χ3n) is 2.65. The number of benzene rings is 1. The van der Waals surface area contributed by atoms with E-state index in [1.807, 2.05) is 31.2 Å². The molecule has 0 aliphatic carbocycles. The maximum atomic E-state index is 11.1. The minimum absolute atomic E-state index is 0.135. The van der Waals surface area contributed by atoms with E-state index in [-0.39, 0.29) is 5.97 Å². The Hall–Kier alpha value is -1.75. The lowest BCUT2D eigenvalue weighted by molar-refractivity contribution is -0.143. The lowest BCUT2D eigenvalue weighted by Gasteiger charge is -2.08. The number of carbonyl (C=O) groups is 1. The molecule has 1 aromatic rings. The topological polar surface area (TPSA) is 56.8 Å². The molecule has 0 saturated carbocycles. The highest BCUT2D eigenvalue weighted by molar-refractivity contribution is 5.69. The van der Waals surface area contributed by atoms with Crippen LogP contribution in [0.3, 0.4) is 0 Å². The summed E-state index contributed by atoms with van der Waals surface area (Å²) in [6.45, 7) is 4.37. The van der Waals surface area contributed by atoms with Gasteiger partial charge >= 0.3 is 5.97 Å². The molecule has 1 aromatic carbocycles. The highest BCUT2D eigenvalue weighted by Gasteiger charge is 2.00. The molecule has 1 rings (SSSR count). The first-order valence-electron chi connectivity index (χ1n) is 6.89. The van der Waals surface area contributed by atoms with E-state index >= 15 is 0 Å². The molecule has 0 bridgehead atoms. The van der Waals surface area contributed by atoms with Gasteiger partial charge in [0.1, 0.15) is 18.1 Å². The molecular formula is C15H23NO4.